The number of hydrogen-bond donors (Lipinski definition) is 2. The molecule has 0 fully saturated rings. The number of hydrogen-bond acceptors (Lipinski definition) is 4. The Labute approximate surface area is 167 Å². The summed E-state index contributed by atoms with van der Waals surface area (Å²) in [6, 6.07) is 9.35. The first-order valence-corrected chi connectivity index (χ1v) is 9.91. The molecular weight excluding hydrogens is 353 g/mol. The van der Waals surface area contributed by atoms with Crippen molar-refractivity contribution in [2.75, 3.05) is 0 Å². The lowest BCUT2D eigenvalue weighted by molar-refractivity contribution is 0.437. The third kappa shape index (κ3) is 4.83. The second-order valence-electron chi connectivity index (χ2n) is 8.43. The average molecular weight is 384 g/mol. The lowest BCUT2D eigenvalue weighted by Gasteiger charge is -2.18. The van der Waals surface area contributed by atoms with E-state index in [2.05, 4.69) is 43.3 Å². The fraction of sp³-hybridized carbons (Fsp3) is 0.435. The van der Waals surface area contributed by atoms with E-state index in [1.165, 1.54) is 6.07 Å². The van der Waals surface area contributed by atoms with Crippen molar-refractivity contribution in [3.63, 3.8) is 0 Å². The first kappa shape index (κ1) is 20.2. The van der Waals surface area contributed by atoms with Crippen molar-refractivity contribution in [1.29, 1.82) is 0 Å². The van der Waals surface area contributed by atoms with Crippen LogP contribution in [0.3, 0.4) is 0 Å². The predicted octanol–water partition coefficient (Wildman–Crippen LogP) is 5.57. The van der Waals surface area contributed by atoms with Gasteiger partial charge < -0.3 is 15.4 Å². The van der Waals surface area contributed by atoms with Gasteiger partial charge in [-0.25, -0.2) is 4.39 Å². The molecule has 1 aromatic heterocycles. The van der Waals surface area contributed by atoms with Crippen LogP contribution >= 0.6 is 0 Å². The molecule has 3 rings (SSSR count). The van der Waals surface area contributed by atoms with Gasteiger partial charge in [0.05, 0.1) is 6.20 Å². The Morgan fingerprint density at radius 1 is 1.29 bits per heavy atom. The van der Waals surface area contributed by atoms with Gasteiger partial charge in [0, 0.05) is 41.5 Å². The van der Waals surface area contributed by atoms with Gasteiger partial charge in [-0.15, -0.1) is 0 Å². The molecule has 2 atom stereocenters. The Hall–Kier alpha value is -2.56. The van der Waals surface area contributed by atoms with Gasteiger partial charge in [0.15, 0.2) is 11.6 Å². The molecule has 0 radical (unpaired) electrons. The lowest BCUT2D eigenvalue weighted by Crippen LogP contribution is -2.20. The van der Waals surface area contributed by atoms with Crippen LogP contribution in [0.5, 0.6) is 11.5 Å². The van der Waals surface area contributed by atoms with Gasteiger partial charge in [0.2, 0.25) is 0 Å². The third-order valence-corrected chi connectivity index (χ3v) is 5.04. The number of benzene rings is 1. The molecule has 2 heterocycles. The fourth-order valence-electron chi connectivity index (χ4n) is 3.21. The van der Waals surface area contributed by atoms with Gasteiger partial charge in [-0.05, 0) is 43.2 Å². The normalized spacial score (nSPS) is 17.6. The topological polar surface area (TPSA) is 46.2 Å². The zero-order valence-electron chi connectivity index (χ0n) is 17.3. The summed E-state index contributed by atoms with van der Waals surface area (Å²) >= 11 is 0. The molecule has 1 aliphatic heterocycles. The van der Waals surface area contributed by atoms with E-state index in [1.54, 1.807) is 12.3 Å². The molecule has 1 unspecified atom stereocenters. The van der Waals surface area contributed by atoms with Gasteiger partial charge in [0.1, 0.15) is 5.75 Å². The van der Waals surface area contributed by atoms with Gasteiger partial charge in [0.25, 0.3) is 0 Å². The fourth-order valence-corrected chi connectivity index (χ4v) is 3.21. The third-order valence-electron chi connectivity index (χ3n) is 5.04. The quantitative estimate of drug-likeness (QED) is 0.684. The van der Waals surface area contributed by atoms with E-state index in [0.29, 0.717) is 11.8 Å². The SMILES string of the molecule is CC[C@H]1CC(NC(C)c2ccc(Oc3ccc(C(C)(C)C)nc3)c(F)c2)=CN1. The summed E-state index contributed by atoms with van der Waals surface area (Å²) < 4.78 is 20.3. The number of nitrogens with one attached hydrogen (secondary N) is 2. The summed E-state index contributed by atoms with van der Waals surface area (Å²) in [5.74, 6) is 0.351. The van der Waals surface area contributed by atoms with Crippen LogP contribution in [0.25, 0.3) is 0 Å². The second-order valence-corrected chi connectivity index (χ2v) is 8.43. The molecule has 2 aromatic rings. The number of rotatable bonds is 6. The summed E-state index contributed by atoms with van der Waals surface area (Å²) in [4.78, 5) is 4.42. The molecule has 0 saturated heterocycles. The van der Waals surface area contributed by atoms with Gasteiger partial charge in [-0.2, -0.15) is 0 Å². The maximum Gasteiger partial charge on any atom is 0.166 e. The number of halogens is 1. The highest BCUT2D eigenvalue weighted by Crippen LogP contribution is 2.29. The maximum absolute atomic E-state index is 14.6. The van der Waals surface area contributed by atoms with Gasteiger partial charge in [-0.3, -0.25) is 4.98 Å². The van der Waals surface area contributed by atoms with Gasteiger partial charge in [-0.1, -0.05) is 33.8 Å². The summed E-state index contributed by atoms with van der Waals surface area (Å²) in [6.45, 7) is 10.5. The van der Waals surface area contributed by atoms with Crippen molar-refractivity contribution in [1.82, 2.24) is 15.6 Å². The maximum atomic E-state index is 14.6. The summed E-state index contributed by atoms with van der Waals surface area (Å²) in [5.41, 5.74) is 2.98. The standard InChI is InChI=1S/C23H30FN3O/c1-6-17-12-18(13-25-17)27-15(2)16-7-9-21(20(24)11-16)28-19-8-10-22(26-14-19)23(3,4)5/h7-11,13-15,17,25,27H,6,12H2,1-5H3/t15?,17-/m0/s1. The summed E-state index contributed by atoms with van der Waals surface area (Å²) in [7, 11) is 0. The van der Waals surface area contributed by atoms with Crippen LogP contribution in [0.2, 0.25) is 0 Å². The smallest absolute Gasteiger partial charge is 0.166 e. The zero-order valence-corrected chi connectivity index (χ0v) is 17.3. The molecule has 2 N–H and O–H groups in total. The Kier molecular flexibility index (Phi) is 5.92. The van der Waals surface area contributed by atoms with Crippen molar-refractivity contribution in [3.8, 4) is 11.5 Å². The van der Waals surface area contributed by atoms with E-state index in [4.69, 9.17) is 4.74 Å². The van der Waals surface area contributed by atoms with Crippen LogP contribution in [-0.4, -0.2) is 11.0 Å². The summed E-state index contributed by atoms with van der Waals surface area (Å²) in [5, 5.41) is 6.81. The van der Waals surface area contributed by atoms with Crippen LogP contribution < -0.4 is 15.4 Å². The Balaban J connectivity index is 1.65. The minimum absolute atomic E-state index is 0.0138. The monoisotopic (exact) mass is 383 g/mol. The molecule has 150 valence electrons. The number of nitrogens with zero attached hydrogens (tertiary/aromatic N) is 1. The number of pyridine rings is 1. The largest absolute Gasteiger partial charge is 0.453 e. The van der Waals surface area contributed by atoms with E-state index in [-0.39, 0.29) is 23.0 Å². The molecule has 0 aliphatic carbocycles. The minimum Gasteiger partial charge on any atom is -0.453 e. The highest BCUT2D eigenvalue weighted by Gasteiger charge is 2.18. The minimum atomic E-state index is -0.379. The van der Waals surface area contributed by atoms with Crippen LogP contribution in [0.4, 0.5) is 4.39 Å². The molecule has 0 spiro atoms. The number of aromatic nitrogens is 1. The van der Waals surface area contributed by atoms with E-state index in [9.17, 15) is 4.39 Å². The Bertz CT molecular complexity index is 840. The lowest BCUT2D eigenvalue weighted by atomic mass is 9.92. The average Bonchev–Trinajstić information content (AvgIpc) is 3.10. The molecule has 5 heteroatoms. The Morgan fingerprint density at radius 3 is 2.64 bits per heavy atom. The van der Waals surface area contributed by atoms with Crippen LogP contribution in [0, 0.1) is 5.82 Å². The summed E-state index contributed by atoms with van der Waals surface area (Å²) in [6.07, 6.45) is 5.72. The van der Waals surface area contributed by atoms with Gasteiger partial charge >= 0.3 is 0 Å². The molecular formula is C23H30FN3O. The van der Waals surface area contributed by atoms with Crippen molar-refractivity contribution < 1.29 is 9.13 Å². The molecule has 1 aromatic carbocycles. The van der Waals surface area contributed by atoms with Crippen molar-refractivity contribution in [3.05, 3.63) is 65.5 Å². The molecule has 1 aliphatic rings. The van der Waals surface area contributed by atoms with Crippen molar-refractivity contribution >= 4 is 0 Å². The molecule has 4 nitrogen and oxygen atoms in total. The predicted molar refractivity (Wildman–Crippen MR) is 111 cm³/mol. The second kappa shape index (κ2) is 8.21. The molecule has 28 heavy (non-hydrogen) atoms. The number of ether oxygens (including phenoxy) is 1. The van der Waals surface area contributed by atoms with E-state index in [1.807, 2.05) is 31.3 Å². The zero-order chi connectivity index (χ0) is 20.3. The van der Waals surface area contributed by atoms with Crippen LogP contribution in [0.15, 0.2) is 48.4 Å². The highest BCUT2D eigenvalue weighted by atomic mass is 19.1. The Morgan fingerprint density at radius 2 is 2.07 bits per heavy atom. The first-order valence-electron chi connectivity index (χ1n) is 9.91. The van der Waals surface area contributed by atoms with E-state index < -0.39 is 0 Å². The molecule has 0 amide bonds. The van der Waals surface area contributed by atoms with E-state index in [0.717, 1.165) is 29.8 Å². The molecule has 0 bridgehead atoms. The molecule has 0 saturated carbocycles. The van der Waals surface area contributed by atoms with Crippen LogP contribution in [-0.2, 0) is 5.41 Å². The first-order chi connectivity index (χ1) is 13.3. The highest BCUT2D eigenvalue weighted by molar-refractivity contribution is 5.35. The van der Waals surface area contributed by atoms with Crippen molar-refractivity contribution in [2.45, 2.75) is 65.0 Å². The van der Waals surface area contributed by atoms with E-state index >= 15 is 0 Å². The van der Waals surface area contributed by atoms with Crippen LogP contribution in [0.1, 0.15) is 64.8 Å². The van der Waals surface area contributed by atoms with Crippen molar-refractivity contribution in [2.24, 2.45) is 0 Å².